The lowest BCUT2D eigenvalue weighted by Gasteiger charge is -2.17. The molecule has 5 rings (SSSR count). The van der Waals surface area contributed by atoms with E-state index >= 15 is 0 Å². The molecule has 2 heterocycles. The van der Waals surface area contributed by atoms with Gasteiger partial charge >= 0.3 is 0 Å². The van der Waals surface area contributed by atoms with Gasteiger partial charge in [-0.25, -0.2) is 4.68 Å². The van der Waals surface area contributed by atoms with Gasteiger partial charge in [-0.05, 0) is 36.8 Å². The van der Waals surface area contributed by atoms with Gasteiger partial charge in [0.05, 0.1) is 22.2 Å². The van der Waals surface area contributed by atoms with Crippen molar-refractivity contribution in [3.63, 3.8) is 0 Å². The number of amides is 1. The maximum atomic E-state index is 13.9. The van der Waals surface area contributed by atoms with Gasteiger partial charge in [-0.3, -0.25) is 18.8 Å². The molecule has 198 valence electrons. The molecule has 0 aliphatic rings. The minimum atomic E-state index is -0.233. The number of para-hydroxylation sites is 1. The average molecular weight is 559 g/mol. The summed E-state index contributed by atoms with van der Waals surface area (Å²) in [5, 5.41) is 9.75. The van der Waals surface area contributed by atoms with Crippen LogP contribution in [0.1, 0.15) is 11.3 Å². The molecule has 0 N–H and O–H groups in total. The highest BCUT2D eigenvalue weighted by molar-refractivity contribution is 7.99. The third-order valence-corrected chi connectivity index (χ3v) is 7.75. The molecule has 0 unspecified atom stereocenters. The standard InChI is InChI=1S/C29H27ClN6O2S/c1-20-26(28(38)36(34(20)3)22-14-8-5-9-15-22)35-27(23-16-10-11-17-24(23)30)31-32-29(35)39-19-25(37)33(2)18-21-12-6-4-7-13-21/h4-17H,18-19H2,1-3H3. The third kappa shape index (κ3) is 5.28. The number of rotatable bonds is 8. The van der Waals surface area contributed by atoms with Gasteiger partial charge in [-0.2, -0.15) is 0 Å². The number of halogens is 1. The summed E-state index contributed by atoms with van der Waals surface area (Å²) in [6.45, 7) is 2.37. The first-order valence-electron chi connectivity index (χ1n) is 12.3. The van der Waals surface area contributed by atoms with Crippen LogP contribution < -0.4 is 5.56 Å². The van der Waals surface area contributed by atoms with Crippen LogP contribution in [-0.2, 0) is 18.4 Å². The Balaban J connectivity index is 1.55. The number of carbonyl (C=O) groups is 1. The van der Waals surface area contributed by atoms with Crippen molar-refractivity contribution in [2.24, 2.45) is 7.05 Å². The molecule has 1 amide bonds. The van der Waals surface area contributed by atoms with E-state index in [1.165, 1.54) is 11.8 Å². The van der Waals surface area contributed by atoms with Gasteiger partial charge in [-0.1, -0.05) is 84.0 Å². The molecule has 0 saturated heterocycles. The second-order valence-electron chi connectivity index (χ2n) is 9.06. The zero-order valence-corrected chi connectivity index (χ0v) is 23.4. The van der Waals surface area contributed by atoms with Crippen LogP contribution in [0.15, 0.2) is 94.9 Å². The molecule has 0 fully saturated rings. The van der Waals surface area contributed by atoms with Crippen LogP contribution in [0.4, 0.5) is 0 Å². The Bertz CT molecular complexity index is 1680. The van der Waals surface area contributed by atoms with E-state index in [0.717, 1.165) is 11.3 Å². The van der Waals surface area contributed by atoms with Crippen LogP contribution in [0.3, 0.4) is 0 Å². The van der Waals surface area contributed by atoms with Gasteiger partial charge in [0.15, 0.2) is 11.0 Å². The lowest BCUT2D eigenvalue weighted by atomic mass is 10.2. The molecule has 39 heavy (non-hydrogen) atoms. The first-order chi connectivity index (χ1) is 18.9. The predicted octanol–water partition coefficient (Wildman–Crippen LogP) is 5.14. The molecule has 10 heteroatoms. The maximum absolute atomic E-state index is 13.9. The highest BCUT2D eigenvalue weighted by Gasteiger charge is 2.26. The van der Waals surface area contributed by atoms with Gasteiger partial charge in [0.1, 0.15) is 5.69 Å². The molecule has 0 aliphatic heterocycles. The first kappa shape index (κ1) is 26.5. The molecule has 0 aliphatic carbocycles. The molecule has 2 aromatic heterocycles. The predicted molar refractivity (Wildman–Crippen MR) is 155 cm³/mol. The van der Waals surface area contributed by atoms with E-state index in [9.17, 15) is 9.59 Å². The molecule has 5 aromatic rings. The molecule has 8 nitrogen and oxygen atoms in total. The second-order valence-corrected chi connectivity index (χ2v) is 10.4. The number of aromatic nitrogens is 5. The fourth-order valence-electron chi connectivity index (χ4n) is 4.38. The van der Waals surface area contributed by atoms with Gasteiger partial charge in [0, 0.05) is 26.2 Å². The smallest absolute Gasteiger partial charge is 0.296 e. The van der Waals surface area contributed by atoms with Crippen LogP contribution >= 0.6 is 23.4 Å². The number of benzene rings is 3. The van der Waals surface area contributed by atoms with Crippen LogP contribution in [0.5, 0.6) is 0 Å². The summed E-state index contributed by atoms with van der Waals surface area (Å²) in [6.07, 6.45) is 0. The molecule has 0 saturated carbocycles. The highest BCUT2D eigenvalue weighted by Crippen LogP contribution is 2.32. The molecular weight excluding hydrogens is 532 g/mol. The van der Waals surface area contributed by atoms with Crippen LogP contribution in [-0.4, -0.2) is 47.7 Å². The van der Waals surface area contributed by atoms with Crippen molar-refractivity contribution in [2.75, 3.05) is 12.8 Å². The van der Waals surface area contributed by atoms with Crippen molar-refractivity contribution in [2.45, 2.75) is 18.6 Å². The van der Waals surface area contributed by atoms with E-state index in [1.54, 1.807) is 31.9 Å². The lowest BCUT2D eigenvalue weighted by molar-refractivity contribution is -0.127. The largest absolute Gasteiger partial charge is 0.341 e. The molecule has 0 atom stereocenters. The zero-order valence-electron chi connectivity index (χ0n) is 21.8. The van der Waals surface area contributed by atoms with E-state index in [4.69, 9.17) is 11.6 Å². The highest BCUT2D eigenvalue weighted by atomic mass is 35.5. The SMILES string of the molecule is Cc1c(-n2c(SCC(=O)N(C)Cc3ccccc3)nnc2-c2ccccc2Cl)c(=O)n(-c2ccccc2)n1C. The molecule has 0 radical (unpaired) electrons. The van der Waals surface area contributed by atoms with E-state index in [1.807, 2.05) is 92.8 Å². The van der Waals surface area contributed by atoms with Gasteiger partial charge in [-0.15, -0.1) is 10.2 Å². The summed E-state index contributed by atoms with van der Waals surface area (Å²) in [6, 6.07) is 26.5. The monoisotopic (exact) mass is 558 g/mol. The number of carbonyl (C=O) groups excluding carboxylic acids is 1. The molecule has 0 bridgehead atoms. The van der Waals surface area contributed by atoms with Crippen LogP contribution in [0, 0.1) is 6.92 Å². The first-order valence-corrected chi connectivity index (χ1v) is 13.7. The van der Waals surface area contributed by atoms with Crippen molar-refractivity contribution < 1.29 is 4.79 Å². The molecular formula is C29H27ClN6O2S. The fourth-order valence-corrected chi connectivity index (χ4v) is 5.47. The number of thioether (sulfide) groups is 1. The number of hydrogen-bond donors (Lipinski definition) is 0. The molecule has 3 aromatic carbocycles. The Labute approximate surface area is 235 Å². The van der Waals surface area contributed by atoms with Crippen molar-refractivity contribution >= 4 is 29.3 Å². The van der Waals surface area contributed by atoms with Crippen LogP contribution in [0.2, 0.25) is 5.02 Å². The zero-order chi connectivity index (χ0) is 27.5. The van der Waals surface area contributed by atoms with E-state index in [2.05, 4.69) is 10.2 Å². The Kier molecular flexibility index (Phi) is 7.72. The fraction of sp³-hybridized carbons (Fsp3) is 0.172. The average Bonchev–Trinajstić information content (AvgIpc) is 3.45. The van der Waals surface area contributed by atoms with Gasteiger partial charge in [0.2, 0.25) is 5.91 Å². The minimum Gasteiger partial charge on any atom is -0.341 e. The Morgan fingerprint density at radius 2 is 1.59 bits per heavy atom. The lowest BCUT2D eigenvalue weighted by Crippen LogP contribution is -2.28. The van der Waals surface area contributed by atoms with Crippen molar-refractivity contribution in [1.82, 2.24) is 29.0 Å². The Morgan fingerprint density at radius 3 is 2.28 bits per heavy atom. The van der Waals surface area contributed by atoms with Crippen molar-refractivity contribution in [3.8, 4) is 22.8 Å². The number of hydrogen-bond acceptors (Lipinski definition) is 5. The van der Waals surface area contributed by atoms with Crippen molar-refractivity contribution in [3.05, 3.63) is 112 Å². The summed E-state index contributed by atoms with van der Waals surface area (Å²) in [4.78, 5) is 28.6. The second kappa shape index (κ2) is 11.3. The topological polar surface area (TPSA) is 78.0 Å². The van der Waals surface area contributed by atoms with Crippen LogP contribution in [0.25, 0.3) is 22.8 Å². The minimum absolute atomic E-state index is 0.0656. The Hall–Kier alpha value is -4.08. The summed E-state index contributed by atoms with van der Waals surface area (Å²) in [5.41, 5.74) is 3.30. The van der Waals surface area contributed by atoms with Gasteiger partial charge in [0.25, 0.3) is 5.56 Å². The summed E-state index contributed by atoms with van der Waals surface area (Å²) in [5.74, 6) is 0.492. The quantitative estimate of drug-likeness (QED) is 0.247. The Morgan fingerprint density at radius 1 is 0.949 bits per heavy atom. The molecule has 0 spiro atoms. The third-order valence-electron chi connectivity index (χ3n) is 6.51. The van der Waals surface area contributed by atoms with E-state index < -0.39 is 0 Å². The maximum Gasteiger partial charge on any atom is 0.296 e. The van der Waals surface area contributed by atoms with E-state index in [-0.39, 0.29) is 17.2 Å². The summed E-state index contributed by atoms with van der Waals surface area (Å²) in [7, 11) is 3.61. The van der Waals surface area contributed by atoms with Crippen molar-refractivity contribution in [1.29, 1.82) is 0 Å². The number of nitrogens with zero attached hydrogens (tertiary/aromatic N) is 6. The summed E-state index contributed by atoms with van der Waals surface area (Å²) >= 11 is 7.78. The van der Waals surface area contributed by atoms with Gasteiger partial charge < -0.3 is 4.90 Å². The normalized spacial score (nSPS) is 11.1. The summed E-state index contributed by atoms with van der Waals surface area (Å²) < 4.78 is 5.12. The van der Waals surface area contributed by atoms with E-state index in [0.29, 0.717) is 39.5 Å².